The summed E-state index contributed by atoms with van der Waals surface area (Å²) in [6.07, 6.45) is 0.869. The van der Waals surface area contributed by atoms with Gasteiger partial charge in [-0.3, -0.25) is 9.59 Å². The molecule has 0 unspecified atom stereocenters. The molecule has 2 aromatic rings. The van der Waals surface area contributed by atoms with Crippen molar-refractivity contribution < 1.29 is 22.8 Å². The number of benzene rings is 2. The van der Waals surface area contributed by atoms with Gasteiger partial charge in [0.05, 0.1) is 15.6 Å². The summed E-state index contributed by atoms with van der Waals surface area (Å²) in [4.78, 5) is 26.3. The first-order chi connectivity index (χ1) is 13.3. The second-order valence-electron chi connectivity index (χ2n) is 6.39. The first kappa shape index (κ1) is 20.5. The normalized spacial score (nSPS) is 14.8. The topological polar surface area (TPSA) is 49.4 Å². The average molecular weight is 431 g/mol. The molecule has 1 N–H and O–H groups in total. The molecule has 1 fully saturated rings. The lowest BCUT2D eigenvalue weighted by molar-refractivity contribution is 0.0697. The number of carbonyl (C=O) groups is 2. The Morgan fingerprint density at radius 2 is 1.64 bits per heavy atom. The number of amides is 2. The van der Waals surface area contributed by atoms with Crippen LogP contribution in [0.1, 0.15) is 33.6 Å². The molecular formula is C19H15Cl2F3N2O2. The van der Waals surface area contributed by atoms with E-state index in [-0.39, 0.29) is 17.0 Å². The number of halogens is 5. The zero-order valence-corrected chi connectivity index (χ0v) is 16.0. The van der Waals surface area contributed by atoms with Crippen LogP contribution in [-0.4, -0.2) is 35.8 Å². The Morgan fingerprint density at radius 1 is 0.964 bits per heavy atom. The Bertz CT molecular complexity index is 932. The summed E-state index contributed by atoms with van der Waals surface area (Å²) in [5.74, 6) is -5.61. The molecule has 0 atom stereocenters. The standard InChI is InChI=1S/C19H15Cl2F3N2O2/c20-13-3-1-10(9-14(13)21)19(28)26-7-5-11(6-8-26)25-18(27)12-2-4-15(22)17(24)16(12)23/h1-4,9,11H,5-8H2,(H,25,27). The Balaban J connectivity index is 1.59. The predicted octanol–water partition coefficient (Wildman–Crippen LogP) is 4.45. The summed E-state index contributed by atoms with van der Waals surface area (Å²) in [7, 11) is 0. The van der Waals surface area contributed by atoms with Gasteiger partial charge < -0.3 is 10.2 Å². The zero-order valence-electron chi connectivity index (χ0n) is 14.4. The van der Waals surface area contributed by atoms with E-state index in [0.717, 1.165) is 6.07 Å². The van der Waals surface area contributed by atoms with E-state index in [0.29, 0.717) is 42.6 Å². The first-order valence-corrected chi connectivity index (χ1v) is 9.22. The van der Waals surface area contributed by atoms with E-state index in [1.54, 1.807) is 17.0 Å². The van der Waals surface area contributed by atoms with Crippen LogP contribution < -0.4 is 5.32 Å². The molecule has 0 aromatic heterocycles. The molecule has 1 aliphatic heterocycles. The first-order valence-electron chi connectivity index (χ1n) is 8.46. The SMILES string of the molecule is O=C(NC1CCN(C(=O)c2ccc(Cl)c(Cl)c2)CC1)c1ccc(F)c(F)c1F. The van der Waals surface area contributed by atoms with Gasteiger partial charge in [0.1, 0.15) is 0 Å². The van der Waals surface area contributed by atoms with Crippen molar-refractivity contribution in [3.8, 4) is 0 Å². The summed E-state index contributed by atoms with van der Waals surface area (Å²) in [6, 6.07) is 5.89. The largest absolute Gasteiger partial charge is 0.349 e. The Labute approximate surface area is 169 Å². The smallest absolute Gasteiger partial charge is 0.254 e. The number of nitrogens with one attached hydrogen (secondary N) is 1. The average Bonchev–Trinajstić information content (AvgIpc) is 2.68. The van der Waals surface area contributed by atoms with E-state index in [9.17, 15) is 22.8 Å². The van der Waals surface area contributed by atoms with Gasteiger partial charge in [0.2, 0.25) is 0 Å². The maximum atomic E-state index is 13.7. The molecule has 0 aliphatic carbocycles. The molecule has 0 saturated carbocycles. The summed E-state index contributed by atoms with van der Waals surface area (Å²) in [5.41, 5.74) is -0.158. The highest BCUT2D eigenvalue weighted by molar-refractivity contribution is 6.42. The van der Waals surface area contributed by atoms with Crippen molar-refractivity contribution in [2.75, 3.05) is 13.1 Å². The highest BCUT2D eigenvalue weighted by atomic mass is 35.5. The lowest BCUT2D eigenvalue weighted by atomic mass is 10.0. The van der Waals surface area contributed by atoms with E-state index in [1.165, 1.54) is 6.07 Å². The third kappa shape index (κ3) is 4.25. The van der Waals surface area contributed by atoms with Crippen LogP contribution >= 0.6 is 23.2 Å². The molecule has 28 heavy (non-hydrogen) atoms. The molecule has 0 radical (unpaired) electrons. The molecule has 9 heteroatoms. The van der Waals surface area contributed by atoms with Gasteiger partial charge in [-0.25, -0.2) is 13.2 Å². The van der Waals surface area contributed by atoms with Crippen molar-refractivity contribution in [1.82, 2.24) is 10.2 Å². The second kappa shape index (κ2) is 8.41. The van der Waals surface area contributed by atoms with Crippen molar-refractivity contribution in [3.63, 3.8) is 0 Å². The van der Waals surface area contributed by atoms with Gasteiger partial charge in [-0.1, -0.05) is 23.2 Å². The fraction of sp³-hybridized carbons (Fsp3) is 0.263. The Hall–Kier alpha value is -2.25. The molecule has 2 aromatic carbocycles. The van der Waals surface area contributed by atoms with Gasteiger partial charge in [-0.05, 0) is 43.2 Å². The number of piperidine rings is 1. The van der Waals surface area contributed by atoms with E-state index in [1.807, 2.05) is 0 Å². The van der Waals surface area contributed by atoms with Crippen molar-refractivity contribution >= 4 is 35.0 Å². The Kier molecular flexibility index (Phi) is 6.15. The molecule has 0 spiro atoms. The van der Waals surface area contributed by atoms with Crippen LogP contribution in [0.2, 0.25) is 10.0 Å². The summed E-state index contributed by atoms with van der Waals surface area (Å²) >= 11 is 11.8. The predicted molar refractivity (Wildman–Crippen MR) is 99.2 cm³/mol. The summed E-state index contributed by atoms with van der Waals surface area (Å²) in [5, 5.41) is 3.23. The molecule has 4 nitrogen and oxygen atoms in total. The third-order valence-electron chi connectivity index (χ3n) is 4.56. The van der Waals surface area contributed by atoms with E-state index in [2.05, 4.69) is 5.32 Å². The molecule has 148 valence electrons. The molecule has 2 amide bonds. The van der Waals surface area contributed by atoms with E-state index >= 15 is 0 Å². The van der Waals surface area contributed by atoms with Gasteiger partial charge in [0.15, 0.2) is 17.5 Å². The van der Waals surface area contributed by atoms with Crippen molar-refractivity contribution in [2.24, 2.45) is 0 Å². The van der Waals surface area contributed by atoms with Gasteiger partial charge in [-0.2, -0.15) is 0 Å². The van der Waals surface area contributed by atoms with Gasteiger partial charge in [0.25, 0.3) is 11.8 Å². The maximum absolute atomic E-state index is 13.7. The van der Waals surface area contributed by atoms with Gasteiger partial charge in [0, 0.05) is 24.7 Å². The fourth-order valence-corrected chi connectivity index (χ4v) is 3.30. The minimum atomic E-state index is -1.69. The minimum absolute atomic E-state index is 0.213. The van der Waals surface area contributed by atoms with Crippen LogP contribution in [0, 0.1) is 17.5 Å². The molecule has 0 bridgehead atoms. The van der Waals surface area contributed by atoms with E-state index < -0.39 is 28.9 Å². The van der Waals surface area contributed by atoms with Crippen molar-refractivity contribution in [1.29, 1.82) is 0 Å². The molecular weight excluding hydrogens is 416 g/mol. The van der Waals surface area contributed by atoms with Crippen LogP contribution in [0.25, 0.3) is 0 Å². The highest BCUT2D eigenvalue weighted by Crippen LogP contribution is 2.24. The van der Waals surface area contributed by atoms with Crippen LogP contribution in [-0.2, 0) is 0 Å². The number of carbonyl (C=O) groups excluding carboxylic acids is 2. The van der Waals surface area contributed by atoms with Gasteiger partial charge >= 0.3 is 0 Å². The van der Waals surface area contributed by atoms with Crippen LogP contribution in [0.5, 0.6) is 0 Å². The monoisotopic (exact) mass is 430 g/mol. The lowest BCUT2D eigenvalue weighted by Crippen LogP contribution is -2.46. The highest BCUT2D eigenvalue weighted by Gasteiger charge is 2.26. The molecule has 1 aliphatic rings. The van der Waals surface area contributed by atoms with Crippen LogP contribution in [0.15, 0.2) is 30.3 Å². The van der Waals surface area contributed by atoms with Crippen molar-refractivity contribution in [3.05, 3.63) is 69.0 Å². The van der Waals surface area contributed by atoms with Crippen molar-refractivity contribution in [2.45, 2.75) is 18.9 Å². The minimum Gasteiger partial charge on any atom is -0.349 e. The summed E-state index contributed by atoms with van der Waals surface area (Å²) < 4.78 is 40.0. The second-order valence-corrected chi connectivity index (χ2v) is 7.21. The lowest BCUT2D eigenvalue weighted by Gasteiger charge is -2.32. The van der Waals surface area contributed by atoms with Crippen LogP contribution in [0.3, 0.4) is 0 Å². The number of hydrogen-bond donors (Lipinski definition) is 1. The molecule has 1 saturated heterocycles. The Morgan fingerprint density at radius 3 is 2.29 bits per heavy atom. The molecule has 1 heterocycles. The maximum Gasteiger partial charge on any atom is 0.254 e. The quantitative estimate of drug-likeness (QED) is 0.731. The summed E-state index contributed by atoms with van der Waals surface area (Å²) in [6.45, 7) is 0.731. The fourth-order valence-electron chi connectivity index (χ4n) is 3.00. The number of likely N-dealkylation sites (tertiary alicyclic amines) is 1. The molecule has 3 rings (SSSR count). The van der Waals surface area contributed by atoms with E-state index in [4.69, 9.17) is 23.2 Å². The number of nitrogens with zero attached hydrogens (tertiary/aromatic N) is 1. The number of rotatable bonds is 3. The third-order valence-corrected chi connectivity index (χ3v) is 5.30. The van der Waals surface area contributed by atoms with Crippen LogP contribution in [0.4, 0.5) is 13.2 Å². The van der Waals surface area contributed by atoms with Gasteiger partial charge in [-0.15, -0.1) is 0 Å². The zero-order chi connectivity index (χ0) is 20.4. The number of hydrogen-bond acceptors (Lipinski definition) is 2.